The van der Waals surface area contributed by atoms with Crippen LogP contribution >= 0.6 is 11.9 Å². The fourth-order valence-electron chi connectivity index (χ4n) is 3.83. The van der Waals surface area contributed by atoms with E-state index in [0.29, 0.717) is 24.3 Å². The van der Waals surface area contributed by atoms with E-state index in [2.05, 4.69) is 18.2 Å². The zero-order valence-corrected chi connectivity index (χ0v) is 17.3. The summed E-state index contributed by atoms with van der Waals surface area (Å²) in [6.45, 7) is 5.06. The summed E-state index contributed by atoms with van der Waals surface area (Å²) in [5, 5.41) is 1.55. The van der Waals surface area contributed by atoms with Crippen molar-refractivity contribution in [1.82, 2.24) is 4.57 Å². The summed E-state index contributed by atoms with van der Waals surface area (Å²) in [7, 11) is 0. The van der Waals surface area contributed by atoms with Crippen molar-refractivity contribution in [3.8, 4) is 11.1 Å². The smallest absolute Gasteiger partial charge is 0.258 e. The molecule has 0 aliphatic carbocycles. The molecule has 2 N–H and O–H groups in total. The fraction of sp³-hybridized carbons (Fsp3) is 0.261. The first kappa shape index (κ1) is 19.6. The maximum Gasteiger partial charge on any atom is 0.258 e. The van der Waals surface area contributed by atoms with Gasteiger partial charge in [-0.3, -0.25) is 9.59 Å². The molecular formula is C23H23N3O2S. The highest BCUT2D eigenvalue weighted by atomic mass is 32.2. The maximum absolute atomic E-state index is 13.3. The maximum atomic E-state index is 13.3. The van der Waals surface area contributed by atoms with E-state index >= 15 is 0 Å². The Morgan fingerprint density at radius 2 is 1.83 bits per heavy atom. The molecular weight excluding hydrogens is 382 g/mol. The Morgan fingerprint density at radius 1 is 1.07 bits per heavy atom. The summed E-state index contributed by atoms with van der Waals surface area (Å²) < 4.78 is 6.11. The minimum absolute atomic E-state index is 0.0285. The quantitative estimate of drug-likeness (QED) is 0.647. The molecule has 0 fully saturated rings. The minimum Gasteiger partial charge on any atom is -0.325 e. The van der Waals surface area contributed by atoms with E-state index in [9.17, 15) is 9.59 Å². The molecule has 0 spiro atoms. The van der Waals surface area contributed by atoms with Gasteiger partial charge in [-0.25, -0.2) is 4.40 Å². The standard InChI is InChI=1S/C23H23N3O2S/c1-14(2)13-26-20(12-24)22(15-6-4-3-5-7-15)18-10-16(8-9-17(18)23(26)28)19-11-21(27)29-25-19/h3-10,14H,11-13,24H2,1-2H3. The lowest BCUT2D eigenvalue weighted by Gasteiger charge is -2.21. The van der Waals surface area contributed by atoms with Crippen molar-refractivity contribution < 1.29 is 4.79 Å². The molecule has 29 heavy (non-hydrogen) atoms. The lowest BCUT2D eigenvalue weighted by molar-refractivity contribution is -0.109. The van der Waals surface area contributed by atoms with Crippen LogP contribution in [0.1, 0.15) is 31.5 Å². The third-order valence-corrected chi connectivity index (χ3v) is 5.74. The molecule has 4 rings (SSSR count). The van der Waals surface area contributed by atoms with Gasteiger partial charge >= 0.3 is 0 Å². The van der Waals surface area contributed by atoms with Gasteiger partial charge in [0, 0.05) is 29.7 Å². The summed E-state index contributed by atoms with van der Waals surface area (Å²) in [5.41, 5.74) is 10.6. The molecule has 5 nitrogen and oxygen atoms in total. The Balaban J connectivity index is 2.06. The van der Waals surface area contributed by atoms with Crippen LogP contribution in [-0.4, -0.2) is 15.4 Å². The molecule has 1 aliphatic rings. The number of hydrogen-bond donors (Lipinski definition) is 1. The molecule has 3 aromatic rings. The number of rotatable bonds is 5. The Labute approximate surface area is 173 Å². The molecule has 0 bridgehead atoms. The van der Waals surface area contributed by atoms with Crippen molar-refractivity contribution in [1.29, 1.82) is 0 Å². The van der Waals surface area contributed by atoms with Crippen LogP contribution in [0.4, 0.5) is 0 Å². The molecule has 0 saturated heterocycles. The second-order valence-corrected chi connectivity index (χ2v) is 8.46. The zero-order chi connectivity index (χ0) is 20.5. The monoisotopic (exact) mass is 405 g/mol. The summed E-state index contributed by atoms with van der Waals surface area (Å²) in [4.78, 5) is 25.0. The molecule has 148 valence electrons. The van der Waals surface area contributed by atoms with E-state index in [1.165, 1.54) is 0 Å². The first-order chi connectivity index (χ1) is 14.0. The normalized spacial score (nSPS) is 14.1. The van der Waals surface area contributed by atoms with Crippen LogP contribution in [0, 0.1) is 5.92 Å². The van der Waals surface area contributed by atoms with Gasteiger partial charge in [0.2, 0.25) is 5.12 Å². The van der Waals surface area contributed by atoms with Gasteiger partial charge in [0.1, 0.15) is 0 Å². The van der Waals surface area contributed by atoms with E-state index in [0.717, 1.165) is 45.4 Å². The number of nitrogens with zero attached hydrogens (tertiary/aromatic N) is 2. The highest BCUT2D eigenvalue weighted by Gasteiger charge is 2.21. The number of carbonyl (C=O) groups is 1. The lowest BCUT2D eigenvalue weighted by Crippen LogP contribution is -2.28. The molecule has 2 aromatic carbocycles. The van der Waals surface area contributed by atoms with Crippen molar-refractivity contribution >= 4 is 33.5 Å². The largest absolute Gasteiger partial charge is 0.325 e. The summed E-state index contributed by atoms with van der Waals surface area (Å²) in [6, 6.07) is 15.7. The molecule has 0 amide bonds. The first-order valence-electron chi connectivity index (χ1n) is 9.71. The molecule has 2 heterocycles. The highest BCUT2D eigenvalue weighted by Crippen LogP contribution is 2.33. The Morgan fingerprint density at radius 3 is 2.45 bits per heavy atom. The van der Waals surface area contributed by atoms with Crippen LogP contribution in [0.5, 0.6) is 0 Å². The minimum atomic E-state index is -0.0285. The average molecular weight is 406 g/mol. The summed E-state index contributed by atoms with van der Waals surface area (Å²) in [6.07, 6.45) is 0.311. The second kappa shape index (κ2) is 7.97. The predicted molar refractivity (Wildman–Crippen MR) is 120 cm³/mol. The lowest BCUT2D eigenvalue weighted by atomic mass is 9.94. The van der Waals surface area contributed by atoms with Gasteiger partial charge < -0.3 is 10.3 Å². The van der Waals surface area contributed by atoms with E-state index in [1.54, 1.807) is 0 Å². The van der Waals surface area contributed by atoms with E-state index in [1.807, 2.05) is 53.1 Å². The van der Waals surface area contributed by atoms with E-state index < -0.39 is 0 Å². The number of hydrogen-bond acceptors (Lipinski definition) is 5. The van der Waals surface area contributed by atoms with Crippen molar-refractivity contribution in [3.63, 3.8) is 0 Å². The first-order valence-corrected chi connectivity index (χ1v) is 10.5. The van der Waals surface area contributed by atoms with Crippen LogP contribution in [-0.2, 0) is 17.9 Å². The van der Waals surface area contributed by atoms with E-state index in [-0.39, 0.29) is 17.2 Å². The van der Waals surface area contributed by atoms with Gasteiger partial charge in [0.15, 0.2) is 0 Å². The SMILES string of the molecule is CC(C)Cn1c(CN)c(-c2ccccc2)c2cc(C3=NSC(=O)C3)ccc2c1=O. The van der Waals surface area contributed by atoms with Crippen LogP contribution in [0.2, 0.25) is 0 Å². The van der Waals surface area contributed by atoms with Gasteiger partial charge in [0.25, 0.3) is 5.56 Å². The average Bonchev–Trinajstić information content (AvgIpc) is 3.16. The van der Waals surface area contributed by atoms with Crippen molar-refractivity contribution in [3.05, 3.63) is 70.1 Å². The zero-order valence-electron chi connectivity index (χ0n) is 16.5. The van der Waals surface area contributed by atoms with Gasteiger partial charge in [-0.05, 0) is 34.6 Å². The highest BCUT2D eigenvalue weighted by molar-refractivity contribution is 8.13. The molecule has 0 radical (unpaired) electrons. The van der Waals surface area contributed by atoms with Crippen molar-refractivity contribution in [2.24, 2.45) is 16.0 Å². The number of pyridine rings is 1. The van der Waals surface area contributed by atoms with Crippen LogP contribution in [0.25, 0.3) is 21.9 Å². The Hall–Kier alpha value is -2.70. The predicted octanol–water partition coefficient (Wildman–Crippen LogP) is 4.15. The van der Waals surface area contributed by atoms with Gasteiger partial charge in [-0.15, -0.1) is 0 Å². The molecule has 0 saturated carbocycles. The molecule has 1 aromatic heterocycles. The van der Waals surface area contributed by atoms with Gasteiger partial charge in [-0.2, -0.15) is 0 Å². The third-order valence-electron chi connectivity index (χ3n) is 5.09. The number of aromatic nitrogens is 1. The number of nitrogens with two attached hydrogens (primary N) is 1. The number of carbonyl (C=O) groups excluding carboxylic acids is 1. The van der Waals surface area contributed by atoms with Gasteiger partial charge in [-0.1, -0.05) is 50.2 Å². The van der Waals surface area contributed by atoms with E-state index in [4.69, 9.17) is 5.73 Å². The fourth-order valence-corrected chi connectivity index (χ4v) is 4.42. The van der Waals surface area contributed by atoms with Crippen molar-refractivity contribution in [2.75, 3.05) is 0 Å². The van der Waals surface area contributed by atoms with Gasteiger partial charge in [0.05, 0.1) is 24.1 Å². The van der Waals surface area contributed by atoms with Crippen LogP contribution < -0.4 is 11.3 Å². The molecule has 6 heteroatoms. The molecule has 0 atom stereocenters. The number of benzene rings is 2. The van der Waals surface area contributed by atoms with Crippen LogP contribution in [0.3, 0.4) is 0 Å². The third kappa shape index (κ3) is 3.66. The molecule has 1 aliphatic heterocycles. The Bertz CT molecular complexity index is 1180. The number of fused-ring (bicyclic) bond motifs is 1. The summed E-state index contributed by atoms with van der Waals surface area (Å²) >= 11 is 0.989. The van der Waals surface area contributed by atoms with Crippen molar-refractivity contribution in [2.45, 2.75) is 33.4 Å². The molecule has 0 unspecified atom stereocenters. The van der Waals surface area contributed by atoms with Crippen LogP contribution in [0.15, 0.2) is 57.7 Å². The Kier molecular flexibility index (Phi) is 5.39. The second-order valence-electron chi connectivity index (χ2n) is 7.64. The summed E-state index contributed by atoms with van der Waals surface area (Å²) in [5.74, 6) is 0.314. The topological polar surface area (TPSA) is 77.5 Å².